The Morgan fingerprint density at radius 2 is 1.94 bits per heavy atom. The maximum absolute atomic E-state index is 11.1. The van der Waals surface area contributed by atoms with E-state index in [1.807, 2.05) is 18.2 Å². The van der Waals surface area contributed by atoms with Gasteiger partial charge in [-0.1, -0.05) is 29.8 Å². The number of carbonyl (C=O) groups is 1. The molecule has 1 amide bonds. The minimum Gasteiger partial charge on any atom is -0.278 e. The number of carbonyl (C=O) groups excluding carboxylic acids is 1. The lowest BCUT2D eigenvalue weighted by atomic mass is 10.3. The number of anilines is 2. The van der Waals surface area contributed by atoms with Crippen molar-refractivity contribution in [2.24, 2.45) is 0 Å². The van der Waals surface area contributed by atoms with E-state index in [1.165, 1.54) is 4.90 Å². The summed E-state index contributed by atoms with van der Waals surface area (Å²) in [6.07, 6.45) is 0.667. The van der Waals surface area contributed by atoms with Crippen molar-refractivity contribution in [1.82, 2.24) is 9.97 Å². The molecule has 86 valence electrons. The molecule has 0 unspecified atom stereocenters. The van der Waals surface area contributed by atoms with Gasteiger partial charge in [-0.15, -0.1) is 0 Å². The summed E-state index contributed by atoms with van der Waals surface area (Å²) in [5.74, 6) is 0.274. The number of aromatic nitrogens is 2. The van der Waals surface area contributed by atoms with Gasteiger partial charge in [-0.2, -0.15) is 0 Å². The first kappa shape index (κ1) is 11.5. The molecule has 0 N–H and O–H groups in total. The Morgan fingerprint density at radius 3 is 2.53 bits per heavy atom. The topological polar surface area (TPSA) is 46.1 Å². The monoisotopic (exact) mass is 247 g/mol. The van der Waals surface area contributed by atoms with E-state index < -0.39 is 0 Å². The maximum Gasteiger partial charge on any atom is 0.238 e. The van der Waals surface area contributed by atoms with Crippen LogP contribution in [0.1, 0.15) is 5.69 Å². The molecule has 0 spiro atoms. The molecule has 4 nitrogen and oxygen atoms in total. The van der Waals surface area contributed by atoms with E-state index in [1.54, 1.807) is 25.1 Å². The van der Waals surface area contributed by atoms with Crippen LogP contribution < -0.4 is 4.90 Å². The molecular formula is C12H10ClN3O. The van der Waals surface area contributed by atoms with Crippen LogP contribution in [0.25, 0.3) is 0 Å². The van der Waals surface area contributed by atoms with Crippen molar-refractivity contribution in [3.05, 3.63) is 47.2 Å². The molecule has 0 saturated heterocycles. The molecule has 0 aliphatic heterocycles. The van der Waals surface area contributed by atoms with Gasteiger partial charge in [0.05, 0.1) is 5.69 Å². The summed E-state index contributed by atoms with van der Waals surface area (Å²) in [4.78, 5) is 20.7. The lowest BCUT2D eigenvalue weighted by Gasteiger charge is -2.15. The van der Waals surface area contributed by atoms with E-state index in [2.05, 4.69) is 9.97 Å². The molecule has 0 aliphatic rings. The molecule has 1 aromatic carbocycles. The normalized spacial score (nSPS) is 10.0. The van der Waals surface area contributed by atoms with Gasteiger partial charge in [-0.25, -0.2) is 9.97 Å². The molecule has 5 heteroatoms. The van der Waals surface area contributed by atoms with Crippen LogP contribution in [0.3, 0.4) is 0 Å². The Balaban J connectivity index is 2.46. The average Bonchev–Trinajstić information content (AvgIpc) is 2.30. The van der Waals surface area contributed by atoms with Crippen LogP contribution in [-0.4, -0.2) is 16.4 Å². The van der Waals surface area contributed by atoms with Gasteiger partial charge in [-0.3, -0.25) is 9.69 Å². The highest BCUT2D eigenvalue weighted by atomic mass is 35.5. The molecule has 0 atom stereocenters. The third-order valence-corrected chi connectivity index (χ3v) is 2.36. The Morgan fingerprint density at radius 1 is 1.24 bits per heavy atom. The van der Waals surface area contributed by atoms with Crippen molar-refractivity contribution >= 4 is 29.6 Å². The van der Waals surface area contributed by atoms with E-state index >= 15 is 0 Å². The number of amides is 1. The predicted octanol–water partition coefficient (Wildman–Crippen LogP) is 2.73. The summed E-state index contributed by atoms with van der Waals surface area (Å²) in [6, 6.07) is 10.8. The van der Waals surface area contributed by atoms with Crippen molar-refractivity contribution in [2.45, 2.75) is 6.92 Å². The summed E-state index contributed by atoms with van der Waals surface area (Å²) >= 11 is 5.84. The molecule has 2 aromatic rings. The van der Waals surface area contributed by atoms with Crippen LogP contribution in [0.2, 0.25) is 5.15 Å². The van der Waals surface area contributed by atoms with Gasteiger partial charge in [0.1, 0.15) is 5.15 Å². The van der Waals surface area contributed by atoms with Crippen molar-refractivity contribution in [3.8, 4) is 0 Å². The van der Waals surface area contributed by atoms with Crippen molar-refractivity contribution in [2.75, 3.05) is 4.90 Å². The van der Waals surface area contributed by atoms with Gasteiger partial charge < -0.3 is 0 Å². The van der Waals surface area contributed by atoms with Crippen molar-refractivity contribution in [1.29, 1.82) is 0 Å². The zero-order chi connectivity index (χ0) is 12.3. The molecule has 0 aliphatic carbocycles. The summed E-state index contributed by atoms with van der Waals surface area (Å²) in [6.45, 7) is 1.80. The molecule has 0 fully saturated rings. The fourth-order valence-corrected chi connectivity index (χ4v) is 1.67. The molecule has 0 bridgehead atoms. The Labute approximate surface area is 104 Å². The Kier molecular flexibility index (Phi) is 3.35. The van der Waals surface area contributed by atoms with Gasteiger partial charge >= 0.3 is 0 Å². The second kappa shape index (κ2) is 4.93. The quantitative estimate of drug-likeness (QED) is 0.619. The zero-order valence-electron chi connectivity index (χ0n) is 9.17. The van der Waals surface area contributed by atoms with E-state index in [0.717, 1.165) is 0 Å². The number of hydrogen-bond donors (Lipinski definition) is 0. The third kappa shape index (κ3) is 2.60. The molecule has 17 heavy (non-hydrogen) atoms. The fraction of sp³-hybridized carbons (Fsp3) is 0.0833. The van der Waals surface area contributed by atoms with E-state index in [4.69, 9.17) is 11.6 Å². The Bertz CT molecular complexity index is 510. The highest BCUT2D eigenvalue weighted by molar-refractivity contribution is 6.29. The number of nitrogens with zero attached hydrogens (tertiary/aromatic N) is 3. The summed E-state index contributed by atoms with van der Waals surface area (Å²) < 4.78 is 0. The number of rotatable bonds is 3. The standard InChI is InChI=1S/C12H10ClN3O/c1-9-7-11(13)15-12(14-9)16(8-17)10-5-3-2-4-6-10/h2-8H,1H3. The average molecular weight is 248 g/mol. The number of para-hydroxylation sites is 1. The maximum atomic E-state index is 11.1. The second-order valence-corrected chi connectivity index (χ2v) is 3.83. The highest BCUT2D eigenvalue weighted by Gasteiger charge is 2.11. The molecule has 1 aromatic heterocycles. The predicted molar refractivity (Wildman–Crippen MR) is 66.4 cm³/mol. The number of aryl methyl sites for hydroxylation is 1. The van der Waals surface area contributed by atoms with Gasteiger partial charge in [0.25, 0.3) is 0 Å². The lowest BCUT2D eigenvalue weighted by Crippen LogP contribution is -2.17. The molecule has 0 radical (unpaired) electrons. The van der Waals surface area contributed by atoms with Crippen LogP contribution in [-0.2, 0) is 4.79 Å². The van der Waals surface area contributed by atoms with E-state index in [0.29, 0.717) is 22.9 Å². The first-order valence-electron chi connectivity index (χ1n) is 5.01. The largest absolute Gasteiger partial charge is 0.278 e. The van der Waals surface area contributed by atoms with Crippen LogP contribution in [0.4, 0.5) is 11.6 Å². The number of halogens is 1. The molecule has 1 heterocycles. The SMILES string of the molecule is Cc1cc(Cl)nc(N(C=O)c2ccccc2)n1. The molecular weight excluding hydrogens is 238 g/mol. The van der Waals surface area contributed by atoms with Gasteiger partial charge in [0.15, 0.2) is 0 Å². The van der Waals surface area contributed by atoms with Gasteiger partial charge in [0.2, 0.25) is 12.4 Å². The van der Waals surface area contributed by atoms with E-state index in [9.17, 15) is 4.79 Å². The Hall–Kier alpha value is -1.94. The first-order chi connectivity index (χ1) is 8.20. The van der Waals surface area contributed by atoms with Crippen LogP contribution >= 0.6 is 11.6 Å². The van der Waals surface area contributed by atoms with Crippen LogP contribution in [0, 0.1) is 6.92 Å². The fourth-order valence-electron chi connectivity index (χ4n) is 1.43. The van der Waals surface area contributed by atoms with Crippen molar-refractivity contribution in [3.63, 3.8) is 0 Å². The second-order valence-electron chi connectivity index (χ2n) is 3.44. The number of hydrogen-bond acceptors (Lipinski definition) is 3. The smallest absolute Gasteiger partial charge is 0.238 e. The lowest BCUT2D eigenvalue weighted by molar-refractivity contribution is -0.106. The summed E-state index contributed by atoms with van der Waals surface area (Å²) in [5, 5.41) is 0.315. The minimum atomic E-state index is 0.274. The summed E-state index contributed by atoms with van der Waals surface area (Å²) in [7, 11) is 0. The minimum absolute atomic E-state index is 0.274. The van der Waals surface area contributed by atoms with Crippen LogP contribution in [0.5, 0.6) is 0 Å². The zero-order valence-corrected chi connectivity index (χ0v) is 9.93. The van der Waals surface area contributed by atoms with E-state index in [-0.39, 0.29) is 5.95 Å². The van der Waals surface area contributed by atoms with Crippen molar-refractivity contribution < 1.29 is 4.79 Å². The third-order valence-electron chi connectivity index (χ3n) is 2.17. The van der Waals surface area contributed by atoms with Gasteiger partial charge in [-0.05, 0) is 25.1 Å². The van der Waals surface area contributed by atoms with Crippen LogP contribution in [0.15, 0.2) is 36.4 Å². The first-order valence-corrected chi connectivity index (χ1v) is 5.39. The highest BCUT2D eigenvalue weighted by Crippen LogP contribution is 2.21. The summed E-state index contributed by atoms with van der Waals surface area (Å²) in [5.41, 5.74) is 1.41. The van der Waals surface area contributed by atoms with Gasteiger partial charge in [0, 0.05) is 5.69 Å². The molecule has 2 rings (SSSR count). The number of benzene rings is 1. The molecule has 0 saturated carbocycles.